The lowest BCUT2D eigenvalue weighted by atomic mass is 9.88. The number of methoxy groups -OCH3 is 1. The summed E-state index contributed by atoms with van der Waals surface area (Å²) in [6, 6.07) is 0. The topological polar surface area (TPSA) is 21.3 Å². The minimum Gasteiger partial charge on any atom is -0.379 e. The zero-order valence-corrected chi connectivity index (χ0v) is 8.83. The number of nitrogens with one attached hydrogen (secondary N) is 1. The summed E-state index contributed by atoms with van der Waals surface area (Å²) in [4.78, 5) is 0. The third kappa shape index (κ3) is 2.82. The maximum absolute atomic E-state index is 5.42. The molecule has 1 heterocycles. The number of allylic oxidation sites excluding steroid dienone is 3. The third-order valence-electron chi connectivity index (χ3n) is 2.65. The van der Waals surface area contributed by atoms with Crippen LogP contribution < -0.4 is 5.32 Å². The van der Waals surface area contributed by atoms with Gasteiger partial charge in [-0.1, -0.05) is 31.4 Å². The van der Waals surface area contributed by atoms with Crippen molar-refractivity contribution in [3.8, 4) is 0 Å². The smallest absolute Gasteiger partial charge is 0.0764 e. The second kappa shape index (κ2) is 5.78. The van der Waals surface area contributed by atoms with E-state index in [-0.39, 0.29) is 6.10 Å². The lowest BCUT2D eigenvalue weighted by molar-refractivity contribution is 0.0490. The summed E-state index contributed by atoms with van der Waals surface area (Å²) >= 11 is 0. The van der Waals surface area contributed by atoms with Crippen molar-refractivity contribution < 1.29 is 4.74 Å². The Bertz CT molecular complexity index is 232. The van der Waals surface area contributed by atoms with Gasteiger partial charge in [0.2, 0.25) is 0 Å². The molecule has 1 aliphatic rings. The maximum atomic E-state index is 5.42. The van der Waals surface area contributed by atoms with E-state index in [0.29, 0.717) is 5.92 Å². The van der Waals surface area contributed by atoms with Crippen molar-refractivity contribution in [1.82, 2.24) is 5.32 Å². The minimum absolute atomic E-state index is 0.255. The standard InChI is InChI=1S/C12H19NO/c1-4-5-6-10(2)11-7-8-13-9-12(11)14-3/h4-6,11-13H,1-2,7-9H2,3H3/b6-5-/t11-,12?/m0/s1. The van der Waals surface area contributed by atoms with Gasteiger partial charge < -0.3 is 10.1 Å². The molecule has 2 nitrogen and oxygen atoms in total. The first kappa shape index (κ1) is 11.2. The molecule has 0 aromatic rings. The number of hydrogen-bond acceptors (Lipinski definition) is 2. The van der Waals surface area contributed by atoms with Gasteiger partial charge in [0.05, 0.1) is 6.10 Å². The molecule has 1 rings (SSSR count). The van der Waals surface area contributed by atoms with Crippen molar-refractivity contribution in [3.05, 3.63) is 37.0 Å². The monoisotopic (exact) mass is 193 g/mol. The van der Waals surface area contributed by atoms with Crippen LogP contribution in [0.1, 0.15) is 6.42 Å². The van der Waals surface area contributed by atoms with E-state index >= 15 is 0 Å². The highest BCUT2D eigenvalue weighted by molar-refractivity contribution is 5.22. The zero-order valence-electron chi connectivity index (χ0n) is 8.83. The first-order chi connectivity index (χ1) is 6.79. The quantitative estimate of drug-likeness (QED) is 0.689. The molecular formula is C12H19NO. The molecule has 1 fully saturated rings. The molecule has 0 amide bonds. The lowest BCUT2D eigenvalue weighted by Crippen LogP contribution is -2.42. The highest BCUT2D eigenvalue weighted by Gasteiger charge is 2.25. The molecule has 0 aliphatic carbocycles. The van der Waals surface area contributed by atoms with Gasteiger partial charge in [-0.15, -0.1) is 0 Å². The molecule has 0 aromatic carbocycles. The number of ether oxygens (including phenoxy) is 1. The van der Waals surface area contributed by atoms with Crippen LogP contribution in [0, 0.1) is 5.92 Å². The lowest BCUT2D eigenvalue weighted by Gasteiger charge is -2.31. The van der Waals surface area contributed by atoms with E-state index in [1.54, 1.807) is 13.2 Å². The van der Waals surface area contributed by atoms with Gasteiger partial charge in [-0.05, 0) is 18.5 Å². The average Bonchev–Trinajstić information content (AvgIpc) is 2.25. The van der Waals surface area contributed by atoms with Crippen molar-refractivity contribution in [2.24, 2.45) is 5.92 Å². The Morgan fingerprint density at radius 2 is 2.36 bits per heavy atom. The summed E-state index contributed by atoms with van der Waals surface area (Å²) in [6.45, 7) is 9.68. The van der Waals surface area contributed by atoms with Crippen molar-refractivity contribution in [2.75, 3.05) is 20.2 Å². The molecule has 2 atom stereocenters. The van der Waals surface area contributed by atoms with Crippen molar-refractivity contribution in [3.63, 3.8) is 0 Å². The molecule has 0 radical (unpaired) electrons. The molecule has 1 saturated heterocycles. The van der Waals surface area contributed by atoms with Crippen LogP contribution in [0.25, 0.3) is 0 Å². The first-order valence-corrected chi connectivity index (χ1v) is 5.01. The Labute approximate surface area is 86.3 Å². The molecule has 78 valence electrons. The summed E-state index contributed by atoms with van der Waals surface area (Å²) in [5.74, 6) is 0.442. The molecule has 0 saturated carbocycles. The van der Waals surface area contributed by atoms with Crippen LogP contribution in [0.4, 0.5) is 0 Å². The normalized spacial score (nSPS) is 27.8. The van der Waals surface area contributed by atoms with Crippen LogP contribution in [-0.2, 0) is 4.74 Å². The fraction of sp³-hybridized carbons (Fsp3) is 0.500. The van der Waals surface area contributed by atoms with Crippen LogP contribution >= 0.6 is 0 Å². The molecule has 1 N–H and O–H groups in total. The maximum Gasteiger partial charge on any atom is 0.0764 e. The highest BCUT2D eigenvalue weighted by atomic mass is 16.5. The van der Waals surface area contributed by atoms with E-state index in [1.807, 2.05) is 12.2 Å². The van der Waals surface area contributed by atoms with E-state index in [9.17, 15) is 0 Å². The Morgan fingerprint density at radius 3 is 3.00 bits per heavy atom. The zero-order chi connectivity index (χ0) is 10.4. The van der Waals surface area contributed by atoms with E-state index < -0.39 is 0 Å². The molecule has 1 aliphatic heterocycles. The molecular weight excluding hydrogens is 174 g/mol. The van der Waals surface area contributed by atoms with Gasteiger partial charge in [0.25, 0.3) is 0 Å². The summed E-state index contributed by atoms with van der Waals surface area (Å²) in [7, 11) is 1.76. The van der Waals surface area contributed by atoms with Gasteiger partial charge in [0.1, 0.15) is 0 Å². The van der Waals surface area contributed by atoms with Crippen molar-refractivity contribution >= 4 is 0 Å². The second-order valence-corrected chi connectivity index (χ2v) is 3.54. The predicted octanol–water partition coefficient (Wildman–Crippen LogP) is 1.91. The number of hydrogen-bond donors (Lipinski definition) is 1. The molecule has 0 bridgehead atoms. The molecule has 1 unspecified atom stereocenters. The molecule has 0 aromatic heterocycles. The summed E-state index contributed by atoms with van der Waals surface area (Å²) < 4.78 is 5.42. The Kier molecular flexibility index (Phi) is 4.63. The van der Waals surface area contributed by atoms with Crippen LogP contribution in [0.5, 0.6) is 0 Å². The first-order valence-electron chi connectivity index (χ1n) is 5.01. The van der Waals surface area contributed by atoms with E-state index in [2.05, 4.69) is 18.5 Å². The number of piperidine rings is 1. The highest BCUT2D eigenvalue weighted by Crippen LogP contribution is 2.23. The Hall–Kier alpha value is -0.860. The summed E-state index contributed by atoms with van der Waals surface area (Å²) in [5, 5.41) is 3.32. The van der Waals surface area contributed by atoms with Crippen LogP contribution in [0.3, 0.4) is 0 Å². The molecule has 2 heteroatoms. The largest absolute Gasteiger partial charge is 0.379 e. The van der Waals surface area contributed by atoms with Crippen molar-refractivity contribution in [1.29, 1.82) is 0 Å². The third-order valence-corrected chi connectivity index (χ3v) is 2.65. The SMILES string of the molecule is C=C/C=C\C(=C)[C@@H]1CCNCC1OC. The van der Waals surface area contributed by atoms with E-state index in [1.165, 1.54) is 0 Å². The number of rotatable bonds is 4. The molecule has 0 spiro atoms. The minimum atomic E-state index is 0.255. The van der Waals surface area contributed by atoms with Crippen LogP contribution in [-0.4, -0.2) is 26.3 Å². The summed E-state index contributed by atoms with van der Waals surface area (Å²) in [5.41, 5.74) is 1.14. The second-order valence-electron chi connectivity index (χ2n) is 3.54. The van der Waals surface area contributed by atoms with Crippen LogP contribution in [0.15, 0.2) is 37.0 Å². The van der Waals surface area contributed by atoms with Gasteiger partial charge in [0, 0.05) is 19.6 Å². The predicted molar refractivity (Wildman–Crippen MR) is 60.3 cm³/mol. The van der Waals surface area contributed by atoms with Gasteiger partial charge in [0.15, 0.2) is 0 Å². The van der Waals surface area contributed by atoms with Gasteiger partial charge in [-0.2, -0.15) is 0 Å². The fourth-order valence-electron chi connectivity index (χ4n) is 1.82. The fourth-order valence-corrected chi connectivity index (χ4v) is 1.82. The average molecular weight is 193 g/mol. The van der Waals surface area contributed by atoms with Crippen LogP contribution in [0.2, 0.25) is 0 Å². The Balaban J connectivity index is 2.58. The van der Waals surface area contributed by atoms with Gasteiger partial charge >= 0.3 is 0 Å². The van der Waals surface area contributed by atoms with Gasteiger partial charge in [-0.3, -0.25) is 0 Å². The Morgan fingerprint density at radius 1 is 1.57 bits per heavy atom. The summed E-state index contributed by atoms with van der Waals surface area (Å²) in [6.07, 6.45) is 7.07. The van der Waals surface area contributed by atoms with E-state index in [4.69, 9.17) is 4.74 Å². The molecule has 14 heavy (non-hydrogen) atoms. The van der Waals surface area contributed by atoms with Gasteiger partial charge in [-0.25, -0.2) is 0 Å². The van der Waals surface area contributed by atoms with Crippen molar-refractivity contribution in [2.45, 2.75) is 12.5 Å². The van der Waals surface area contributed by atoms with E-state index in [0.717, 1.165) is 25.1 Å².